The first-order valence-electron chi connectivity index (χ1n) is 10.9. The van der Waals surface area contributed by atoms with Gasteiger partial charge in [-0.25, -0.2) is 9.78 Å². The standard InChI is InChI=1S/C23H26BrN5O4S/c1-31-22(30)18-7-14-34-21(18)27-20-19(24)15-25-23(28-20)26-16-3-5-17(6-4-16)33-11-2-8-29-9-12-32-13-10-29/h3-7,14-15H,2,8-13H2,1H3,(H2,25,26,27,28). The van der Waals surface area contributed by atoms with Crippen molar-refractivity contribution in [2.24, 2.45) is 0 Å². The van der Waals surface area contributed by atoms with Crippen LogP contribution < -0.4 is 15.4 Å². The summed E-state index contributed by atoms with van der Waals surface area (Å²) in [7, 11) is 1.36. The van der Waals surface area contributed by atoms with Gasteiger partial charge in [0.05, 0.1) is 37.0 Å². The lowest BCUT2D eigenvalue weighted by atomic mass is 10.3. The number of hydrogen-bond donors (Lipinski definition) is 2. The number of esters is 1. The van der Waals surface area contributed by atoms with Gasteiger partial charge in [0.2, 0.25) is 5.95 Å². The van der Waals surface area contributed by atoms with E-state index in [1.807, 2.05) is 29.6 Å². The van der Waals surface area contributed by atoms with E-state index in [9.17, 15) is 4.79 Å². The zero-order valence-corrected chi connectivity index (χ0v) is 21.2. The van der Waals surface area contributed by atoms with Crippen LogP contribution in [0.2, 0.25) is 0 Å². The number of methoxy groups -OCH3 is 1. The van der Waals surface area contributed by atoms with Crippen LogP contribution in [-0.4, -0.2) is 67.4 Å². The molecule has 0 unspecified atom stereocenters. The van der Waals surface area contributed by atoms with E-state index in [2.05, 4.69) is 41.4 Å². The highest BCUT2D eigenvalue weighted by Gasteiger charge is 2.15. The first-order chi connectivity index (χ1) is 16.6. The predicted molar refractivity (Wildman–Crippen MR) is 136 cm³/mol. The van der Waals surface area contributed by atoms with Gasteiger partial charge in [-0.3, -0.25) is 4.90 Å². The van der Waals surface area contributed by atoms with Crippen LogP contribution in [0.5, 0.6) is 5.75 Å². The van der Waals surface area contributed by atoms with E-state index in [0.717, 1.165) is 50.7 Å². The van der Waals surface area contributed by atoms with E-state index in [1.165, 1.54) is 18.4 Å². The van der Waals surface area contributed by atoms with Crippen LogP contribution in [0.1, 0.15) is 16.8 Å². The van der Waals surface area contributed by atoms with Gasteiger partial charge in [-0.15, -0.1) is 11.3 Å². The maximum absolute atomic E-state index is 11.9. The second-order valence-electron chi connectivity index (χ2n) is 7.48. The number of morpholine rings is 1. The molecule has 0 aliphatic carbocycles. The fourth-order valence-electron chi connectivity index (χ4n) is 3.37. The lowest BCUT2D eigenvalue weighted by Crippen LogP contribution is -2.37. The van der Waals surface area contributed by atoms with Gasteiger partial charge in [0.15, 0.2) is 5.82 Å². The van der Waals surface area contributed by atoms with Crippen molar-refractivity contribution in [3.8, 4) is 5.75 Å². The molecular formula is C23H26BrN5O4S. The van der Waals surface area contributed by atoms with Gasteiger partial charge < -0.3 is 24.8 Å². The van der Waals surface area contributed by atoms with Gasteiger partial charge in [0, 0.05) is 31.5 Å². The number of carbonyl (C=O) groups excluding carboxylic acids is 1. The molecule has 4 rings (SSSR count). The Bertz CT molecular complexity index is 1090. The Balaban J connectivity index is 1.31. The first-order valence-corrected chi connectivity index (χ1v) is 12.5. The van der Waals surface area contributed by atoms with Crippen LogP contribution >= 0.6 is 27.3 Å². The van der Waals surface area contributed by atoms with Crippen molar-refractivity contribution in [1.29, 1.82) is 0 Å². The van der Waals surface area contributed by atoms with Crippen LogP contribution in [-0.2, 0) is 9.47 Å². The van der Waals surface area contributed by atoms with Gasteiger partial charge >= 0.3 is 5.97 Å². The van der Waals surface area contributed by atoms with Gasteiger partial charge in [0.25, 0.3) is 0 Å². The third-order valence-electron chi connectivity index (χ3n) is 5.15. The summed E-state index contributed by atoms with van der Waals surface area (Å²) in [5, 5.41) is 8.83. The molecule has 0 saturated carbocycles. The van der Waals surface area contributed by atoms with E-state index >= 15 is 0 Å². The molecule has 34 heavy (non-hydrogen) atoms. The highest BCUT2D eigenvalue weighted by Crippen LogP contribution is 2.31. The van der Waals surface area contributed by atoms with Crippen molar-refractivity contribution in [2.75, 3.05) is 57.2 Å². The molecule has 3 heterocycles. The molecule has 0 amide bonds. The first kappa shape index (κ1) is 24.4. The highest BCUT2D eigenvalue weighted by atomic mass is 79.9. The summed E-state index contributed by atoms with van der Waals surface area (Å²) in [5.74, 6) is 1.36. The summed E-state index contributed by atoms with van der Waals surface area (Å²) in [4.78, 5) is 23.2. The maximum atomic E-state index is 11.9. The van der Waals surface area contributed by atoms with E-state index in [1.54, 1.807) is 12.3 Å². The molecule has 1 aromatic carbocycles. The molecule has 2 aromatic heterocycles. The number of nitrogens with zero attached hydrogens (tertiary/aromatic N) is 3. The predicted octanol–water partition coefficient (Wildman–Crippen LogP) is 4.68. The van der Waals surface area contributed by atoms with Crippen molar-refractivity contribution in [3.05, 3.63) is 51.9 Å². The molecule has 1 saturated heterocycles. The summed E-state index contributed by atoms with van der Waals surface area (Å²) < 4.78 is 16.7. The molecule has 1 aliphatic rings. The van der Waals surface area contributed by atoms with Crippen LogP contribution in [0, 0.1) is 0 Å². The number of nitrogens with one attached hydrogen (secondary N) is 2. The Hall–Kier alpha value is -2.73. The number of anilines is 4. The minimum absolute atomic E-state index is 0.407. The molecule has 9 nitrogen and oxygen atoms in total. The van der Waals surface area contributed by atoms with E-state index < -0.39 is 5.97 Å². The molecule has 11 heteroatoms. The van der Waals surface area contributed by atoms with Crippen molar-refractivity contribution >= 4 is 55.7 Å². The number of aromatic nitrogens is 2. The average molecular weight is 548 g/mol. The molecule has 0 radical (unpaired) electrons. The molecule has 1 aliphatic heterocycles. The zero-order chi connectivity index (χ0) is 23.8. The third kappa shape index (κ3) is 6.66. The number of thiophene rings is 1. The number of halogens is 1. The summed E-state index contributed by atoms with van der Waals surface area (Å²) in [5.41, 5.74) is 1.29. The number of benzene rings is 1. The normalized spacial score (nSPS) is 13.9. The maximum Gasteiger partial charge on any atom is 0.340 e. The van der Waals surface area contributed by atoms with Gasteiger partial charge in [0.1, 0.15) is 10.8 Å². The quantitative estimate of drug-likeness (QED) is 0.277. The van der Waals surface area contributed by atoms with Gasteiger partial charge in [-0.05, 0) is 58.1 Å². The van der Waals surface area contributed by atoms with Crippen molar-refractivity contribution in [3.63, 3.8) is 0 Å². The van der Waals surface area contributed by atoms with Crippen LogP contribution in [0.25, 0.3) is 0 Å². The summed E-state index contributed by atoms with van der Waals surface area (Å²) in [6, 6.07) is 9.39. The highest BCUT2D eigenvalue weighted by molar-refractivity contribution is 9.10. The molecule has 0 spiro atoms. The number of hydrogen-bond acceptors (Lipinski definition) is 10. The summed E-state index contributed by atoms with van der Waals surface area (Å²) >= 11 is 4.84. The van der Waals surface area contributed by atoms with Crippen molar-refractivity contribution in [2.45, 2.75) is 6.42 Å². The van der Waals surface area contributed by atoms with Crippen molar-refractivity contribution in [1.82, 2.24) is 14.9 Å². The Morgan fingerprint density at radius 1 is 1.21 bits per heavy atom. The monoisotopic (exact) mass is 547 g/mol. The van der Waals surface area contributed by atoms with E-state index in [-0.39, 0.29) is 0 Å². The Labute approximate surface area is 210 Å². The molecule has 3 aromatic rings. The lowest BCUT2D eigenvalue weighted by Gasteiger charge is -2.26. The summed E-state index contributed by atoms with van der Waals surface area (Å²) in [6.45, 7) is 5.32. The summed E-state index contributed by atoms with van der Waals surface area (Å²) in [6.07, 6.45) is 2.62. The zero-order valence-electron chi connectivity index (χ0n) is 18.8. The van der Waals surface area contributed by atoms with Crippen LogP contribution in [0.15, 0.2) is 46.4 Å². The molecule has 2 N–H and O–H groups in total. The topological polar surface area (TPSA) is 97.8 Å². The number of carbonyl (C=O) groups is 1. The lowest BCUT2D eigenvalue weighted by molar-refractivity contribution is 0.0358. The molecule has 0 atom stereocenters. The van der Waals surface area contributed by atoms with Gasteiger partial charge in [-0.2, -0.15) is 4.98 Å². The second-order valence-corrected chi connectivity index (χ2v) is 9.25. The third-order valence-corrected chi connectivity index (χ3v) is 6.56. The fraction of sp³-hybridized carbons (Fsp3) is 0.348. The SMILES string of the molecule is COC(=O)c1ccsc1Nc1nc(Nc2ccc(OCCCN3CCOCC3)cc2)ncc1Br. The Morgan fingerprint density at radius 3 is 2.76 bits per heavy atom. The molecular weight excluding hydrogens is 522 g/mol. The Kier molecular flexibility index (Phi) is 8.69. The largest absolute Gasteiger partial charge is 0.494 e. The molecule has 180 valence electrons. The molecule has 1 fully saturated rings. The minimum Gasteiger partial charge on any atom is -0.494 e. The Morgan fingerprint density at radius 2 is 2.00 bits per heavy atom. The average Bonchev–Trinajstić information content (AvgIpc) is 3.33. The number of ether oxygens (including phenoxy) is 3. The number of rotatable bonds is 10. The van der Waals surface area contributed by atoms with E-state index in [4.69, 9.17) is 14.2 Å². The second kappa shape index (κ2) is 12.1. The molecule has 0 bridgehead atoms. The minimum atomic E-state index is -0.407. The smallest absolute Gasteiger partial charge is 0.340 e. The van der Waals surface area contributed by atoms with Gasteiger partial charge in [-0.1, -0.05) is 0 Å². The van der Waals surface area contributed by atoms with E-state index in [0.29, 0.717) is 33.4 Å². The van der Waals surface area contributed by atoms with Crippen molar-refractivity contribution < 1.29 is 19.0 Å². The van der Waals surface area contributed by atoms with Crippen LogP contribution in [0.4, 0.5) is 22.5 Å². The fourth-order valence-corrected chi connectivity index (χ4v) is 4.43. The van der Waals surface area contributed by atoms with Crippen LogP contribution in [0.3, 0.4) is 0 Å².